The summed E-state index contributed by atoms with van der Waals surface area (Å²) >= 11 is 15.3. The summed E-state index contributed by atoms with van der Waals surface area (Å²) in [5.41, 5.74) is 4.10. The van der Waals surface area contributed by atoms with Crippen LogP contribution in [0.2, 0.25) is 10.0 Å². The molecule has 0 aliphatic rings. The molecule has 0 saturated carbocycles. The molecule has 0 atom stereocenters. The minimum absolute atomic E-state index is 0.222. The molecule has 1 N–H and O–H groups in total. The normalized spacial score (nSPS) is 10.8. The fourth-order valence-corrected chi connectivity index (χ4v) is 3.34. The molecule has 3 aromatic rings. The second kappa shape index (κ2) is 11.1. The Kier molecular flexibility index (Phi) is 8.27. The molecule has 0 bridgehead atoms. The van der Waals surface area contributed by atoms with Gasteiger partial charge in [-0.1, -0.05) is 63.4 Å². The number of nitrogens with zero attached hydrogens (tertiary/aromatic N) is 1. The highest BCUT2D eigenvalue weighted by Gasteiger charge is 2.14. The van der Waals surface area contributed by atoms with Crippen LogP contribution in [0.25, 0.3) is 0 Å². The van der Waals surface area contributed by atoms with Crippen LogP contribution in [0.3, 0.4) is 0 Å². The molecule has 0 aliphatic carbocycles. The minimum Gasteiger partial charge on any atom is -0.482 e. The Balaban J connectivity index is 1.64. The van der Waals surface area contributed by atoms with Crippen molar-refractivity contribution in [1.29, 1.82) is 0 Å². The molecule has 0 unspecified atom stereocenters. The summed E-state index contributed by atoms with van der Waals surface area (Å²) in [5.74, 6) is -0.418. The lowest BCUT2D eigenvalue weighted by Gasteiger charge is -2.10. The minimum atomic E-state index is -0.509. The second-order valence-corrected chi connectivity index (χ2v) is 8.22. The van der Waals surface area contributed by atoms with Gasteiger partial charge in [0, 0.05) is 10.0 Å². The fourth-order valence-electron chi connectivity index (χ4n) is 2.61. The summed E-state index contributed by atoms with van der Waals surface area (Å²) in [6, 6.07) is 17.1. The highest BCUT2D eigenvalue weighted by atomic mass is 79.9. The van der Waals surface area contributed by atoms with E-state index in [0.717, 1.165) is 10.0 Å². The number of aryl methyl sites for hydroxylation is 1. The van der Waals surface area contributed by atoms with Crippen molar-refractivity contribution >= 4 is 57.2 Å². The Morgan fingerprint density at radius 2 is 1.84 bits per heavy atom. The van der Waals surface area contributed by atoms with E-state index in [2.05, 4.69) is 26.5 Å². The maximum Gasteiger partial charge on any atom is 0.343 e. The van der Waals surface area contributed by atoms with E-state index >= 15 is 0 Å². The molecule has 0 spiro atoms. The molecule has 164 valence electrons. The number of benzene rings is 3. The molecular formula is C23H17BrCl2N2O4. The van der Waals surface area contributed by atoms with Crippen LogP contribution in [0.1, 0.15) is 21.5 Å². The average molecular weight is 536 g/mol. The van der Waals surface area contributed by atoms with Gasteiger partial charge in [0.1, 0.15) is 16.5 Å². The van der Waals surface area contributed by atoms with Gasteiger partial charge >= 0.3 is 5.97 Å². The summed E-state index contributed by atoms with van der Waals surface area (Å²) < 4.78 is 11.6. The first kappa shape index (κ1) is 23.8. The molecule has 0 heterocycles. The van der Waals surface area contributed by atoms with Gasteiger partial charge in [0.15, 0.2) is 6.61 Å². The van der Waals surface area contributed by atoms with Crippen LogP contribution in [0, 0.1) is 6.92 Å². The monoisotopic (exact) mass is 534 g/mol. The number of esters is 1. The summed E-state index contributed by atoms with van der Waals surface area (Å²) in [6.45, 7) is 1.51. The van der Waals surface area contributed by atoms with Gasteiger partial charge in [-0.3, -0.25) is 4.79 Å². The number of hydrogen-bond donors (Lipinski definition) is 1. The predicted octanol–water partition coefficient (Wildman–Crippen LogP) is 5.81. The van der Waals surface area contributed by atoms with E-state index in [4.69, 9.17) is 32.7 Å². The largest absolute Gasteiger partial charge is 0.482 e. The van der Waals surface area contributed by atoms with E-state index in [1.807, 2.05) is 19.1 Å². The average Bonchev–Trinajstić information content (AvgIpc) is 2.76. The third-order valence-corrected chi connectivity index (χ3v) is 5.50. The molecule has 3 aromatic carbocycles. The van der Waals surface area contributed by atoms with Crippen molar-refractivity contribution < 1.29 is 19.1 Å². The van der Waals surface area contributed by atoms with Gasteiger partial charge in [0.05, 0.1) is 16.8 Å². The number of amides is 1. The lowest BCUT2D eigenvalue weighted by molar-refractivity contribution is -0.123. The van der Waals surface area contributed by atoms with Crippen LogP contribution in [0.15, 0.2) is 70.2 Å². The zero-order chi connectivity index (χ0) is 23.1. The van der Waals surface area contributed by atoms with E-state index in [0.29, 0.717) is 21.9 Å². The van der Waals surface area contributed by atoms with Crippen molar-refractivity contribution in [2.75, 3.05) is 6.61 Å². The zero-order valence-electron chi connectivity index (χ0n) is 16.8. The van der Waals surface area contributed by atoms with Crippen molar-refractivity contribution in [3.05, 3.63) is 91.9 Å². The number of carbonyl (C=O) groups excluding carboxylic acids is 2. The van der Waals surface area contributed by atoms with Crippen LogP contribution in [-0.2, 0) is 4.79 Å². The number of halogens is 3. The maximum absolute atomic E-state index is 12.5. The molecule has 9 heteroatoms. The first-order valence-corrected chi connectivity index (χ1v) is 10.9. The van der Waals surface area contributed by atoms with Crippen LogP contribution in [0.4, 0.5) is 0 Å². The van der Waals surface area contributed by atoms with E-state index in [1.54, 1.807) is 48.5 Å². The summed E-state index contributed by atoms with van der Waals surface area (Å²) in [5, 5.41) is 4.46. The van der Waals surface area contributed by atoms with Gasteiger partial charge in [0.25, 0.3) is 5.91 Å². The third-order valence-electron chi connectivity index (χ3n) is 4.21. The third kappa shape index (κ3) is 6.32. The molecular weight excluding hydrogens is 519 g/mol. The van der Waals surface area contributed by atoms with Crippen molar-refractivity contribution in [2.24, 2.45) is 5.10 Å². The highest BCUT2D eigenvalue weighted by molar-refractivity contribution is 9.10. The van der Waals surface area contributed by atoms with Gasteiger partial charge in [-0.05, 0) is 48.9 Å². The van der Waals surface area contributed by atoms with E-state index in [-0.39, 0.29) is 17.4 Å². The highest BCUT2D eigenvalue weighted by Crippen LogP contribution is 2.31. The molecule has 32 heavy (non-hydrogen) atoms. The lowest BCUT2D eigenvalue weighted by Crippen LogP contribution is -2.24. The predicted molar refractivity (Wildman–Crippen MR) is 128 cm³/mol. The second-order valence-electron chi connectivity index (χ2n) is 6.52. The van der Waals surface area contributed by atoms with Crippen LogP contribution in [-0.4, -0.2) is 24.7 Å². The summed E-state index contributed by atoms with van der Waals surface area (Å²) in [7, 11) is 0. The molecule has 0 aromatic heterocycles. The van der Waals surface area contributed by atoms with Crippen molar-refractivity contribution in [3.63, 3.8) is 0 Å². The van der Waals surface area contributed by atoms with Crippen molar-refractivity contribution in [1.82, 2.24) is 5.43 Å². The number of rotatable bonds is 7. The van der Waals surface area contributed by atoms with Crippen LogP contribution >= 0.6 is 39.1 Å². The number of hydrogen-bond acceptors (Lipinski definition) is 5. The standard InChI is InChI=1S/C23H17BrCl2N2O4/c1-14-5-2-3-6-17(14)23(30)32-19-10-9-16(24)11-15(19)12-27-28-21(29)13-31-20-8-4-7-18(25)22(20)26/h2-12H,13H2,1H3,(H,28,29)/b27-12-. The molecule has 1 amide bonds. The molecule has 0 radical (unpaired) electrons. The van der Waals surface area contributed by atoms with E-state index in [9.17, 15) is 9.59 Å². The molecule has 6 nitrogen and oxygen atoms in total. The quantitative estimate of drug-likeness (QED) is 0.179. The van der Waals surface area contributed by atoms with Crippen LogP contribution in [0.5, 0.6) is 11.5 Å². The Labute approximate surface area is 203 Å². The maximum atomic E-state index is 12.5. The first-order chi connectivity index (χ1) is 15.3. The zero-order valence-corrected chi connectivity index (χ0v) is 19.9. The number of nitrogens with one attached hydrogen (secondary N) is 1. The van der Waals surface area contributed by atoms with Gasteiger partial charge in [-0.15, -0.1) is 0 Å². The van der Waals surface area contributed by atoms with E-state index < -0.39 is 11.9 Å². The number of ether oxygens (including phenoxy) is 2. The van der Waals surface area contributed by atoms with Gasteiger partial charge < -0.3 is 9.47 Å². The number of hydrazone groups is 1. The van der Waals surface area contributed by atoms with Gasteiger partial charge in [0.2, 0.25) is 0 Å². The molecule has 3 rings (SSSR count). The fraction of sp³-hybridized carbons (Fsp3) is 0.0870. The summed E-state index contributed by atoms with van der Waals surface area (Å²) in [6.07, 6.45) is 1.37. The van der Waals surface area contributed by atoms with E-state index in [1.165, 1.54) is 6.21 Å². The van der Waals surface area contributed by atoms with Crippen molar-refractivity contribution in [3.8, 4) is 11.5 Å². The molecule has 0 aliphatic heterocycles. The number of carbonyl (C=O) groups is 2. The van der Waals surface area contributed by atoms with Crippen molar-refractivity contribution in [2.45, 2.75) is 6.92 Å². The molecule has 0 saturated heterocycles. The Hall–Kier alpha value is -2.87. The Morgan fingerprint density at radius 1 is 1.06 bits per heavy atom. The first-order valence-electron chi connectivity index (χ1n) is 9.31. The SMILES string of the molecule is Cc1ccccc1C(=O)Oc1ccc(Br)cc1/C=N\NC(=O)COc1cccc(Cl)c1Cl. The Bertz CT molecular complexity index is 1180. The molecule has 0 fully saturated rings. The smallest absolute Gasteiger partial charge is 0.343 e. The van der Waals surface area contributed by atoms with Gasteiger partial charge in [-0.2, -0.15) is 5.10 Å². The topological polar surface area (TPSA) is 77.0 Å². The van der Waals surface area contributed by atoms with Crippen LogP contribution < -0.4 is 14.9 Å². The van der Waals surface area contributed by atoms with Gasteiger partial charge in [-0.25, -0.2) is 10.2 Å². The summed E-state index contributed by atoms with van der Waals surface area (Å²) in [4.78, 5) is 24.6. The lowest BCUT2D eigenvalue weighted by atomic mass is 10.1. The Morgan fingerprint density at radius 3 is 2.62 bits per heavy atom.